The maximum Gasteiger partial charge on any atom is 0.0425 e. The second-order valence-electron chi connectivity index (χ2n) is 0.394. The van der Waals surface area contributed by atoms with Crippen molar-refractivity contribution < 1.29 is 5.48 Å². The molecule has 2 N–H and O–H groups in total. The van der Waals surface area contributed by atoms with Gasteiger partial charge in [-0.2, -0.15) is 0 Å². The summed E-state index contributed by atoms with van der Waals surface area (Å²) < 4.78 is 26.8. The zero-order chi connectivity index (χ0) is 7.00. The standard InChI is InChI=1S/C3H9N/c1-2-3-4/h2-4H2,1H3/i2D2,3D2. The van der Waals surface area contributed by atoms with E-state index in [2.05, 4.69) is 0 Å². The van der Waals surface area contributed by atoms with E-state index in [9.17, 15) is 0 Å². The van der Waals surface area contributed by atoms with Crippen molar-refractivity contribution in [3.8, 4) is 0 Å². The molecular weight excluding hydrogens is 50.0 g/mol. The fourth-order valence-corrected chi connectivity index (χ4v) is 0. The Bertz CT molecular complexity index is 66.3. The first-order valence-corrected chi connectivity index (χ1v) is 1.04. The van der Waals surface area contributed by atoms with Crippen LogP contribution in [0.2, 0.25) is 0 Å². The molecule has 0 radical (unpaired) electrons. The van der Waals surface area contributed by atoms with Crippen LogP contribution in [0.5, 0.6) is 0 Å². The highest BCUT2D eigenvalue weighted by molar-refractivity contribution is 4.19. The fraction of sp³-hybridized carbons (Fsp3) is 1.00. The summed E-state index contributed by atoms with van der Waals surface area (Å²) in [6.45, 7) is -1.13. The van der Waals surface area contributed by atoms with Crippen molar-refractivity contribution >= 4 is 0 Å². The smallest absolute Gasteiger partial charge is 0.0425 e. The van der Waals surface area contributed by atoms with Crippen molar-refractivity contribution in [2.45, 2.75) is 13.3 Å². The van der Waals surface area contributed by atoms with Crippen LogP contribution < -0.4 is 5.73 Å². The number of nitrogens with two attached hydrogens (primary N) is 1. The average molecular weight is 63.1 g/mol. The molecule has 4 heavy (non-hydrogen) atoms. The molecule has 0 saturated heterocycles. The average Bonchev–Trinajstić information content (AvgIpc) is 1.25. The van der Waals surface area contributed by atoms with E-state index < -0.39 is 12.9 Å². The minimum absolute atomic E-state index is 1.10. The minimum Gasteiger partial charge on any atom is -0.330 e. The Balaban J connectivity index is 4.02. The van der Waals surface area contributed by atoms with E-state index in [1.807, 2.05) is 0 Å². The van der Waals surface area contributed by atoms with E-state index in [-0.39, 0.29) is 0 Å². The van der Waals surface area contributed by atoms with Gasteiger partial charge in [0.25, 0.3) is 0 Å². The summed E-state index contributed by atoms with van der Waals surface area (Å²) in [5.74, 6) is 0. The zero-order valence-electron chi connectivity index (χ0n) is 6.58. The summed E-state index contributed by atoms with van der Waals surface area (Å²) in [4.78, 5) is 0. The van der Waals surface area contributed by atoms with Gasteiger partial charge in [-0.15, -0.1) is 0 Å². The molecule has 0 aromatic rings. The summed E-state index contributed by atoms with van der Waals surface area (Å²) in [6.07, 6.45) is -1.95. The van der Waals surface area contributed by atoms with Crippen LogP contribution in [-0.2, 0) is 0 Å². The molecule has 0 aromatic carbocycles. The lowest BCUT2D eigenvalue weighted by molar-refractivity contribution is 0.932. The van der Waals surface area contributed by atoms with E-state index in [1.165, 1.54) is 0 Å². The van der Waals surface area contributed by atoms with E-state index >= 15 is 0 Å². The zero-order valence-corrected chi connectivity index (χ0v) is 2.58. The third kappa shape index (κ3) is 1.96. The molecule has 26 valence electrons. The van der Waals surface area contributed by atoms with Crippen LogP contribution in [0.15, 0.2) is 0 Å². The predicted molar refractivity (Wildman–Crippen MR) is 19.3 cm³/mol. The highest BCUT2D eigenvalue weighted by Crippen LogP contribution is 1.57. The third-order valence-electron chi connectivity index (χ3n) is 0.144. The Morgan fingerprint density at radius 2 is 2.50 bits per heavy atom. The first-order chi connectivity index (χ1) is 3.25. The van der Waals surface area contributed by atoms with Gasteiger partial charge in [-0.1, -0.05) is 6.92 Å². The maximum absolute atomic E-state index is 6.75. The monoisotopic (exact) mass is 63.1 g/mol. The normalized spacial score (nSPS) is 29.5. The van der Waals surface area contributed by atoms with Crippen LogP contribution in [0.25, 0.3) is 0 Å². The van der Waals surface area contributed by atoms with Crippen LogP contribution in [0.4, 0.5) is 0 Å². The van der Waals surface area contributed by atoms with Crippen molar-refractivity contribution in [2.24, 2.45) is 5.73 Å². The van der Waals surface area contributed by atoms with Crippen molar-refractivity contribution in [3.63, 3.8) is 0 Å². The summed E-state index contributed by atoms with van der Waals surface area (Å²) in [7, 11) is 0. The van der Waals surface area contributed by atoms with Gasteiger partial charge in [-0.3, -0.25) is 0 Å². The molecule has 0 fully saturated rings. The molecule has 0 aromatic heterocycles. The first-order valence-electron chi connectivity index (χ1n) is 3.04. The second-order valence-corrected chi connectivity index (χ2v) is 0.394. The Morgan fingerprint density at radius 1 is 2.25 bits per heavy atom. The third-order valence-corrected chi connectivity index (χ3v) is 0.144. The van der Waals surface area contributed by atoms with Crippen molar-refractivity contribution in [3.05, 3.63) is 0 Å². The van der Waals surface area contributed by atoms with E-state index in [4.69, 9.17) is 11.2 Å². The van der Waals surface area contributed by atoms with Gasteiger partial charge in [0.1, 0.15) is 0 Å². The molecule has 0 amide bonds. The molecule has 1 heteroatoms. The highest BCUT2D eigenvalue weighted by Gasteiger charge is 1.55. The van der Waals surface area contributed by atoms with Gasteiger partial charge in [0.05, 0.1) is 0 Å². The van der Waals surface area contributed by atoms with Crippen molar-refractivity contribution in [2.75, 3.05) is 6.50 Å². The lowest BCUT2D eigenvalue weighted by atomic mass is 10.5. The summed E-state index contributed by atoms with van der Waals surface area (Å²) in [5.41, 5.74) is 4.77. The summed E-state index contributed by atoms with van der Waals surface area (Å²) in [6, 6.07) is 0. The SMILES string of the molecule is [2H]C([2H])(C)C([2H])([2H])N. The van der Waals surface area contributed by atoms with Gasteiger partial charge >= 0.3 is 0 Å². The lowest BCUT2D eigenvalue weighted by Gasteiger charge is -1.70. The van der Waals surface area contributed by atoms with Crippen LogP contribution in [0.1, 0.15) is 18.8 Å². The Kier molecular flexibility index (Phi) is 0.530. The molecule has 0 aliphatic rings. The molecule has 0 aliphatic carbocycles. The Hall–Kier alpha value is -0.0400. The van der Waals surface area contributed by atoms with Gasteiger partial charge < -0.3 is 5.73 Å². The largest absolute Gasteiger partial charge is 0.330 e. The fourth-order valence-electron chi connectivity index (χ4n) is 0. The molecule has 1 nitrogen and oxygen atoms in total. The molecule has 0 spiro atoms. The van der Waals surface area contributed by atoms with E-state index in [0.29, 0.717) is 0 Å². The van der Waals surface area contributed by atoms with Gasteiger partial charge in [0.2, 0.25) is 0 Å². The van der Waals surface area contributed by atoms with Gasteiger partial charge in [0.15, 0.2) is 0 Å². The molecule has 0 heterocycles. The van der Waals surface area contributed by atoms with Crippen molar-refractivity contribution in [1.82, 2.24) is 0 Å². The van der Waals surface area contributed by atoms with Crippen molar-refractivity contribution in [1.29, 1.82) is 0 Å². The van der Waals surface area contributed by atoms with E-state index in [0.717, 1.165) is 6.92 Å². The topological polar surface area (TPSA) is 26.0 Å². The molecule has 0 rings (SSSR count). The first kappa shape index (κ1) is 0.716. The summed E-state index contributed by atoms with van der Waals surface area (Å²) >= 11 is 0. The quantitative estimate of drug-likeness (QED) is 0.467. The van der Waals surface area contributed by atoms with Gasteiger partial charge in [-0.25, -0.2) is 0 Å². The Labute approximate surface area is 32.4 Å². The number of rotatable bonds is 1. The predicted octanol–water partition coefficient (Wildman–Crippen LogP) is 0.355. The van der Waals surface area contributed by atoms with Gasteiger partial charge in [-0.05, 0) is 12.9 Å². The lowest BCUT2D eigenvalue weighted by Crippen LogP contribution is -1.93. The Morgan fingerprint density at radius 3 is 2.50 bits per heavy atom. The van der Waals surface area contributed by atoms with E-state index in [1.54, 1.807) is 0 Å². The van der Waals surface area contributed by atoms with Crippen LogP contribution in [-0.4, -0.2) is 6.50 Å². The summed E-state index contributed by atoms with van der Waals surface area (Å²) in [5, 5.41) is 0. The number of hydrogen-bond acceptors (Lipinski definition) is 1. The second kappa shape index (κ2) is 2.96. The molecule has 0 bridgehead atoms. The van der Waals surface area contributed by atoms with Crippen LogP contribution >= 0.6 is 0 Å². The van der Waals surface area contributed by atoms with Crippen LogP contribution in [0, 0.1) is 0 Å². The molecule has 0 atom stereocenters. The van der Waals surface area contributed by atoms with Gasteiger partial charge in [0, 0.05) is 5.48 Å². The van der Waals surface area contributed by atoms with Crippen LogP contribution in [0.3, 0.4) is 0 Å². The molecular formula is C3H9N. The minimum atomic E-state index is -2.23. The maximum atomic E-state index is 6.75. The number of hydrogen-bond donors (Lipinski definition) is 1. The molecule has 0 aliphatic heterocycles. The highest BCUT2D eigenvalue weighted by atomic mass is 14.5. The molecule has 0 unspecified atom stereocenters. The molecule has 0 saturated carbocycles.